The highest BCUT2D eigenvalue weighted by atomic mass is 16.5. The van der Waals surface area contributed by atoms with Gasteiger partial charge < -0.3 is 19.5 Å². The van der Waals surface area contributed by atoms with E-state index in [1.807, 2.05) is 30.3 Å². The second-order valence-corrected chi connectivity index (χ2v) is 8.05. The number of amides is 1. The molecule has 34 heavy (non-hydrogen) atoms. The van der Waals surface area contributed by atoms with Crippen LogP contribution in [-0.4, -0.2) is 78.5 Å². The van der Waals surface area contributed by atoms with E-state index in [1.54, 1.807) is 31.0 Å². The monoisotopic (exact) mass is 465 g/mol. The Morgan fingerprint density at radius 1 is 1.21 bits per heavy atom. The van der Waals surface area contributed by atoms with Crippen molar-refractivity contribution in [1.82, 2.24) is 24.8 Å². The van der Waals surface area contributed by atoms with Crippen LogP contribution in [0.25, 0.3) is 16.9 Å². The van der Waals surface area contributed by atoms with Gasteiger partial charge in [-0.1, -0.05) is 6.08 Å². The van der Waals surface area contributed by atoms with E-state index in [0.717, 1.165) is 50.4 Å². The molecule has 4 rings (SSSR count). The zero-order chi connectivity index (χ0) is 23.9. The Labute approximate surface area is 199 Å². The Bertz CT molecular complexity index is 1140. The third kappa shape index (κ3) is 5.21. The number of fused-ring (bicyclic) bond motifs is 1. The van der Waals surface area contributed by atoms with Gasteiger partial charge in [-0.25, -0.2) is 9.50 Å². The molecule has 1 atom stereocenters. The van der Waals surface area contributed by atoms with Crippen molar-refractivity contribution < 1.29 is 19.0 Å². The Kier molecular flexibility index (Phi) is 7.76. The summed E-state index contributed by atoms with van der Waals surface area (Å²) in [6, 6.07) is 9.47. The van der Waals surface area contributed by atoms with Crippen molar-refractivity contribution >= 4 is 11.6 Å². The van der Waals surface area contributed by atoms with Crippen molar-refractivity contribution in [1.29, 1.82) is 0 Å². The molecule has 1 fully saturated rings. The SMILES string of the molecule is C=CC(CCCNC(=O)c1cc2nccc(-c3ccc(OC)c(OC)c3)n2n1)N1CCOCC1. The molecule has 0 bridgehead atoms. The predicted octanol–water partition coefficient (Wildman–Crippen LogP) is 2.81. The van der Waals surface area contributed by atoms with Gasteiger partial charge in [-0.2, -0.15) is 5.10 Å². The summed E-state index contributed by atoms with van der Waals surface area (Å²) >= 11 is 0. The van der Waals surface area contributed by atoms with E-state index in [4.69, 9.17) is 14.2 Å². The second-order valence-electron chi connectivity index (χ2n) is 8.05. The number of ether oxygens (including phenoxy) is 3. The van der Waals surface area contributed by atoms with E-state index in [9.17, 15) is 4.79 Å². The van der Waals surface area contributed by atoms with Crippen LogP contribution in [-0.2, 0) is 4.74 Å². The van der Waals surface area contributed by atoms with Crippen molar-refractivity contribution in [3.05, 3.63) is 54.9 Å². The van der Waals surface area contributed by atoms with Crippen LogP contribution in [0.3, 0.4) is 0 Å². The number of nitrogens with zero attached hydrogens (tertiary/aromatic N) is 4. The van der Waals surface area contributed by atoms with Crippen LogP contribution in [0.15, 0.2) is 49.2 Å². The molecule has 1 N–H and O–H groups in total. The Hall–Kier alpha value is -3.43. The minimum absolute atomic E-state index is 0.217. The molecule has 3 heterocycles. The molecular weight excluding hydrogens is 434 g/mol. The van der Waals surface area contributed by atoms with Crippen molar-refractivity contribution in [3.63, 3.8) is 0 Å². The van der Waals surface area contributed by atoms with E-state index in [-0.39, 0.29) is 5.91 Å². The largest absolute Gasteiger partial charge is 0.493 e. The van der Waals surface area contributed by atoms with Gasteiger partial charge in [-0.15, -0.1) is 6.58 Å². The summed E-state index contributed by atoms with van der Waals surface area (Å²) in [4.78, 5) is 19.5. The van der Waals surface area contributed by atoms with E-state index in [0.29, 0.717) is 35.4 Å². The molecule has 0 saturated carbocycles. The van der Waals surface area contributed by atoms with E-state index in [2.05, 4.69) is 26.9 Å². The fourth-order valence-electron chi connectivity index (χ4n) is 4.18. The van der Waals surface area contributed by atoms with E-state index >= 15 is 0 Å². The summed E-state index contributed by atoms with van der Waals surface area (Å²) in [5.41, 5.74) is 2.59. The molecule has 9 heteroatoms. The highest BCUT2D eigenvalue weighted by Crippen LogP contribution is 2.32. The number of rotatable bonds is 10. The van der Waals surface area contributed by atoms with Gasteiger partial charge in [0.1, 0.15) is 0 Å². The zero-order valence-electron chi connectivity index (χ0n) is 19.7. The number of carbonyl (C=O) groups is 1. The molecule has 1 aromatic carbocycles. The van der Waals surface area contributed by atoms with Gasteiger partial charge in [0, 0.05) is 43.5 Å². The predicted molar refractivity (Wildman–Crippen MR) is 129 cm³/mol. The summed E-state index contributed by atoms with van der Waals surface area (Å²) < 4.78 is 17.8. The Morgan fingerprint density at radius 2 is 2.00 bits per heavy atom. The van der Waals surface area contributed by atoms with Crippen LogP contribution in [0.5, 0.6) is 11.5 Å². The third-order valence-electron chi connectivity index (χ3n) is 6.02. The molecule has 0 aliphatic carbocycles. The molecule has 1 aliphatic rings. The van der Waals surface area contributed by atoms with Crippen molar-refractivity contribution in [3.8, 4) is 22.8 Å². The lowest BCUT2D eigenvalue weighted by atomic mass is 10.1. The van der Waals surface area contributed by atoms with Gasteiger partial charge in [0.05, 0.1) is 33.1 Å². The standard InChI is InChI=1S/C25H31N5O4/c1-4-19(29-12-14-34-15-13-29)6-5-10-27-25(31)20-17-24-26-11-9-21(30(24)28-20)18-7-8-22(32-2)23(16-18)33-3/h4,7-9,11,16-17,19H,1,5-6,10,12-15H2,2-3H3,(H,27,31). The number of hydrogen-bond donors (Lipinski definition) is 1. The molecule has 180 valence electrons. The minimum Gasteiger partial charge on any atom is -0.493 e. The van der Waals surface area contributed by atoms with E-state index < -0.39 is 0 Å². The number of carbonyl (C=O) groups excluding carboxylic acids is 1. The summed E-state index contributed by atoms with van der Waals surface area (Å²) in [5, 5.41) is 7.50. The first-order valence-corrected chi connectivity index (χ1v) is 11.4. The van der Waals surface area contributed by atoms with Crippen LogP contribution >= 0.6 is 0 Å². The number of morpholine rings is 1. The molecule has 3 aromatic rings. The quantitative estimate of drug-likeness (QED) is 0.364. The molecular formula is C25H31N5O4. The first-order valence-electron chi connectivity index (χ1n) is 11.4. The molecule has 0 spiro atoms. The lowest BCUT2D eigenvalue weighted by Crippen LogP contribution is -2.42. The number of methoxy groups -OCH3 is 2. The molecule has 1 unspecified atom stereocenters. The van der Waals surface area contributed by atoms with Crippen molar-refractivity contribution in [2.75, 3.05) is 47.1 Å². The van der Waals surface area contributed by atoms with Gasteiger partial charge in [-0.3, -0.25) is 9.69 Å². The van der Waals surface area contributed by atoms with Gasteiger partial charge in [0.25, 0.3) is 5.91 Å². The van der Waals surface area contributed by atoms with Crippen LogP contribution in [0.1, 0.15) is 23.3 Å². The third-order valence-corrected chi connectivity index (χ3v) is 6.02. The molecule has 2 aromatic heterocycles. The lowest BCUT2D eigenvalue weighted by molar-refractivity contribution is 0.0240. The first-order chi connectivity index (χ1) is 16.6. The maximum absolute atomic E-state index is 12.8. The molecule has 9 nitrogen and oxygen atoms in total. The number of hydrogen-bond acceptors (Lipinski definition) is 7. The maximum Gasteiger partial charge on any atom is 0.271 e. The summed E-state index contributed by atoms with van der Waals surface area (Å²) in [7, 11) is 3.19. The fraction of sp³-hybridized carbons (Fsp3) is 0.400. The molecule has 0 radical (unpaired) electrons. The van der Waals surface area contributed by atoms with E-state index in [1.165, 1.54) is 0 Å². The van der Waals surface area contributed by atoms with Gasteiger partial charge in [-0.05, 0) is 37.1 Å². The average Bonchev–Trinajstić information content (AvgIpc) is 3.33. The number of benzene rings is 1. The van der Waals surface area contributed by atoms with Crippen molar-refractivity contribution in [2.24, 2.45) is 0 Å². The molecule has 1 aliphatic heterocycles. The first kappa shape index (κ1) is 23.7. The van der Waals surface area contributed by atoms with Gasteiger partial charge >= 0.3 is 0 Å². The fourth-order valence-corrected chi connectivity index (χ4v) is 4.18. The van der Waals surface area contributed by atoms with Gasteiger partial charge in [0.2, 0.25) is 0 Å². The highest BCUT2D eigenvalue weighted by molar-refractivity contribution is 5.93. The zero-order valence-corrected chi connectivity index (χ0v) is 19.7. The smallest absolute Gasteiger partial charge is 0.271 e. The number of aromatic nitrogens is 3. The van der Waals surface area contributed by atoms with Crippen LogP contribution < -0.4 is 14.8 Å². The summed E-state index contributed by atoms with van der Waals surface area (Å²) in [6.07, 6.45) is 5.46. The topological polar surface area (TPSA) is 90.2 Å². The Morgan fingerprint density at radius 3 is 2.74 bits per heavy atom. The number of nitrogens with one attached hydrogen (secondary N) is 1. The maximum atomic E-state index is 12.8. The minimum atomic E-state index is -0.217. The average molecular weight is 466 g/mol. The summed E-state index contributed by atoms with van der Waals surface area (Å²) in [6.45, 7) is 7.89. The second kappa shape index (κ2) is 11.1. The molecule has 1 amide bonds. The van der Waals surface area contributed by atoms with Gasteiger partial charge in [0.15, 0.2) is 22.8 Å². The van der Waals surface area contributed by atoms with Crippen molar-refractivity contribution in [2.45, 2.75) is 18.9 Å². The van der Waals surface area contributed by atoms with Crippen LogP contribution in [0, 0.1) is 0 Å². The van der Waals surface area contributed by atoms with Crippen LogP contribution in [0.2, 0.25) is 0 Å². The normalized spacial score (nSPS) is 15.1. The Balaban J connectivity index is 1.42. The lowest BCUT2D eigenvalue weighted by Gasteiger charge is -2.32. The summed E-state index contributed by atoms with van der Waals surface area (Å²) in [5.74, 6) is 1.04. The van der Waals surface area contributed by atoms with Crippen LogP contribution in [0.4, 0.5) is 0 Å². The molecule has 1 saturated heterocycles. The highest BCUT2D eigenvalue weighted by Gasteiger charge is 2.19.